The third-order valence-electron chi connectivity index (χ3n) is 3.45. The summed E-state index contributed by atoms with van der Waals surface area (Å²) in [5.74, 6) is 0.174. The van der Waals surface area contributed by atoms with Gasteiger partial charge >= 0.3 is 10.1 Å². The fraction of sp³-hybridized carbons (Fsp3) is 0.294. The second-order valence-corrected chi connectivity index (χ2v) is 10.1. The van der Waals surface area contributed by atoms with E-state index in [1.165, 1.54) is 18.2 Å². The van der Waals surface area contributed by atoms with Crippen molar-refractivity contribution < 1.29 is 21.0 Å². The van der Waals surface area contributed by atoms with Crippen molar-refractivity contribution in [1.82, 2.24) is 0 Å². The van der Waals surface area contributed by atoms with Gasteiger partial charge in [0, 0.05) is 6.26 Å². The summed E-state index contributed by atoms with van der Waals surface area (Å²) in [6.07, 6.45) is 1.02. The summed E-state index contributed by atoms with van der Waals surface area (Å²) < 4.78 is 52.9. The monoisotopic (exact) mass is 368 g/mol. The Hall–Kier alpha value is -1.86. The number of sulfone groups is 1. The molecule has 2 aromatic rings. The van der Waals surface area contributed by atoms with Crippen molar-refractivity contribution >= 4 is 20.0 Å². The molecule has 0 aromatic heterocycles. The highest BCUT2D eigenvalue weighted by molar-refractivity contribution is 7.90. The van der Waals surface area contributed by atoms with Crippen LogP contribution in [-0.2, 0) is 25.4 Å². The number of hydrogen-bond donors (Lipinski definition) is 0. The molecule has 0 atom stereocenters. The van der Waals surface area contributed by atoms with Crippen molar-refractivity contribution in [3.8, 4) is 5.75 Å². The molecule has 0 aliphatic heterocycles. The fourth-order valence-corrected chi connectivity index (χ4v) is 3.76. The van der Waals surface area contributed by atoms with E-state index in [1.807, 2.05) is 0 Å². The van der Waals surface area contributed by atoms with Gasteiger partial charge in [0.25, 0.3) is 0 Å². The number of benzene rings is 2. The molecule has 0 aliphatic carbocycles. The Balaban J connectivity index is 2.32. The van der Waals surface area contributed by atoms with Crippen molar-refractivity contribution in [3.63, 3.8) is 0 Å². The van der Waals surface area contributed by atoms with Crippen molar-refractivity contribution in [3.05, 3.63) is 54.1 Å². The summed E-state index contributed by atoms with van der Waals surface area (Å²) in [6.45, 7) is 6.16. The molecule has 0 heterocycles. The van der Waals surface area contributed by atoms with Crippen LogP contribution >= 0.6 is 0 Å². The summed E-state index contributed by atoms with van der Waals surface area (Å²) >= 11 is 0. The minimum Gasteiger partial charge on any atom is -0.379 e. The molecule has 0 N–H and O–H groups in total. The van der Waals surface area contributed by atoms with E-state index in [1.54, 1.807) is 24.3 Å². The number of hydrogen-bond acceptors (Lipinski definition) is 5. The maximum atomic E-state index is 12.3. The van der Waals surface area contributed by atoms with E-state index in [2.05, 4.69) is 20.8 Å². The first-order chi connectivity index (χ1) is 10.9. The normalized spacial score (nSPS) is 12.8. The zero-order valence-electron chi connectivity index (χ0n) is 14.0. The van der Waals surface area contributed by atoms with Crippen molar-refractivity contribution in [1.29, 1.82) is 0 Å². The predicted molar refractivity (Wildman–Crippen MR) is 92.5 cm³/mol. The van der Waals surface area contributed by atoms with Gasteiger partial charge in [0.15, 0.2) is 9.84 Å². The van der Waals surface area contributed by atoms with Gasteiger partial charge in [0.2, 0.25) is 0 Å². The molecule has 0 bridgehead atoms. The lowest BCUT2D eigenvalue weighted by Gasteiger charge is -2.19. The highest BCUT2D eigenvalue weighted by atomic mass is 32.2. The smallest absolute Gasteiger partial charge is 0.339 e. The molecule has 0 fully saturated rings. The largest absolute Gasteiger partial charge is 0.379 e. The summed E-state index contributed by atoms with van der Waals surface area (Å²) in [5.41, 5.74) is 0.993. The van der Waals surface area contributed by atoms with E-state index in [0.717, 1.165) is 17.9 Å². The van der Waals surface area contributed by atoms with E-state index < -0.39 is 20.0 Å². The van der Waals surface area contributed by atoms with Crippen LogP contribution in [0.1, 0.15) is 26.3 Å². The summed E-state index contributed by atoms with van der Waals surface area (Å²) in [7, 11) is -7.61. The Morgan fingerprint density at radius 2 is 1.38 bits per heavy atom. The molecule has 0 saturated carbocycles. The summed E-state index contributed by atoms with van der Waals surface area (Å²) in [6, 6.07) is 11.9. The molecular formula is C17H20O5S2. The molecule has 0 aliphatic rings. The lowest BCUT2D eigenvalue weighted by Crippen LogP contribution is -2.12. The molecule has 24 heavy (non-hydrogen) atoms. The van der Waals surface area contributed by atoms with Gasteiger partial charge in [-0.2, -0.15) is 8.42 Å². The molecular weight excluding hydrogens is 348 g/mol. The molecule has 130 valence electrons. The fourth-order valence-electron chi connectivity index (χ4n) is 2.05. The van der Waals surface area contributed by atoms with Gasteiger partial charge in [0.05, 0.1) is 4.90 Å². The third kappa shape index (κ3) is 4.36. The molecule has 2 aromatic carbocycles. The first-order valence-electron chi connectivity index (χ1n) is 7.25. The van der Waals surface area contributed by atoms with Crippen molar-refractivity contribution in [2.24, 2.45) is 0 Å². The first-order valence-corrected chi connectivity index (χ1v) is 10.5. The lowest BCUT2D eigenvalue weighted by atomic mass is 9.87. The lowest BCUT2D eigenvalue weighted by molar-refractivity contribution is 0.485. The Labute approximate surface area is 143 Å². The van der Waals surface area contributed by atoms with Crippen molar-refractivity contribution in [2.75, 3.05) is 6.26 Å². The zero-order chi connectivity index (χ0) is 18.2. The van der Waals surface area contributed by atoms with E-state index in [0.29, 0.717) is 0 Å². The van der Waals surface area contributed by atoms with E-state index in [9.17, 15) is 16.8 Å². The molecule has 0 amide bonds. The topological polar surface area (TPSA) is 77.5 Å². The van der Waals surface area contributed by atoms with Gasteiger partial charge in [-0.1, -0.05) is 39.0 Å². The number of rotatable bonds is 4. The molecule has 2 rings (SSSR count). The first kappa shape index (κ1) is 18.5. The van der Waals surface area contributed by atoms with Crippen LogP contribution in [0, 0.1) is 0 Å². The van der Waals surface area contributed by atoms with E-state index in [-0.39, 0.29) is 21.0 Å². The standard InChI is InChI=1S/C17H20O5S2/c1-17(2,3)13-8-10-14(11-9-13)22-24(20,21)16-7-5-6-15(12-16)23(4,18)19/h5-12H,1-4H3. The van der Waals surface area contributed by atoms with Gasteiger partial charge in [-0.05, 0) is 41.3 Å². The maximum Gasteiger partial charge on any atom is 0.339 e. The zero-order valence-corrected chi connectivity index (χ0v) is 15.6. The average Bonchev–Trinajstić information content (AvgIpc) is 2.46. The Bertz CT molecular complexity index is 935. The molecule has 0 spiro atoms. The average molecular weight is 368 g/mol. The summed E-state index contributed by atoms with van der Waals surface area (Å²) in [5, 5.41) is 0. The van der Waals surface area contributed by atoms with Gasteiger partial charge in [-0.3, -0.25) is 0 Å². The molecule has 0 radical (unpaired) electrons. The van der Waals surface area contributed by atoms with Gasteiger partial charge in [-0.15, -0.1) is 0 Å². The quantitative estimate of drug-likeness (QED) is 0.775. The van der Waals surface area contributed by atoms with Gasteiger partial charge < -0.3 is 4.18 Å². The third-order valence-corrected chi connectivity index (χ3v) is 5.80. The van der Waals surface area contributed by atoms with Gasteiger partial charge in [-0.25, -0.2) is 8.42 Å². The molecule has 0 unspecified atom stereocenters. The van der Waals surface area contributed by atoms with Gasteiger partial charge in [0.1, 0.15) is 10.6 Å². The van der Waals surface area contributed by atoms with E-state index in [4.69, 9.17) is 4.18 Å². The molecule has 5 nitrogen and oxygen atoms in total. The Morgan fingerprint density at radius 3 is 1.88 bits per heavy atom. The minimum atomic E-state index is -4.11. The highest BCUT2D eigenvalue weighted by Gasteiger charge is 2.20. The van der Waals surface area contributed by atoms with Crippen LogP contribution in [0.4, 0.5) is 0 Å². The second-order valence-electron chi connectivity index (χ2n) is 6.56. The highest BCUT2D eigenvalue weighted by Crippen LogP contribution is 2.26. The molecule has 7 heteroatoms. The maximum absolute atomic E-state index is 12.3. The Morgan fingerprint density at radius 1 is 0.833 bits per heavy atom. The van der Waals surface area contributed by atoms with Crippen LogP contribution in [0.3, 0.4) is 0 Å². The van der Waals surface area contributed by atoms with Crippen LogP contribution in [0.25, 0.3) is 0 Å². The van der Waals surface area contributed by atoms with Crippen LogP contribution in [0.15, 0.2) is 58.3 Å². The minimum absolute atomic E-state index is 0.0543. The van der Waals surface area contributed by atoms with Crippen LogP contribution < -0.4 is 4.18 Å². The summed E-state index contributed by atoms with van der Waals surface area (Å²) in [4.78, 5) is -0.277. The van der Waals surface area contributed by atoms with Crippen LogP contribution in [0.2, 0.25) is 0 Å². The van der Waals surface area contributed by atoms with Crippen molar-refractivity contribution in [2.45, 2.75) is 36.0 Å². The molecule has 0 saturated heterocycles. The van der Waals surface area contributed by atoms with Crippen LogP contribution in [0.5, 0.6) is 5.75 Å². The Kier molecular flexibility index (Phi) is 4.79. The van der Waals surface area contributed by atoms with E-state index >= 15 is 0 Å². The predicted octanol–water partition coefficient (Wildman–Crippen LogP) is 3.16. The second kappa shape index (κ2) is 6.22. The van der Waals surface area contributed by atoms with Crippen LogP contribution in [-0.4, -0.2) is 23.1 Å². The SMILES string of the molecule is CC(C)(C)c1ccc(OS(=O)(=O)c2cccc(S(C)(=O)=O)c2)cc1.